The van der Waals surface area contributed by atoms with Gasteiger partial charge in [-0.3, -0.25) is 4.90 Å². The minimum Gasteiger partial charge on any atom is -0.308 e. The minimum atomic E-state index is 0.554. The van der Waals surface area contributed by atoms with Crippen LogP contribution in [-0.2, 0) is 19.5 Å². The quantitative estimate of drug-likeness (QED) is 0.905. The lowest BCUT2D eigenvalue weighted by atomic mass is 9.96. The van der Waals surface area contributed by atoms with Crippen molar-refractivity contribution >= 4 is 27.3 Å². The van der Waals surface area contributed by atoms with E-state index in [1.165, 1.54) is 20.5 Å². The summed E-state index contributed by atoms with van der Waals surface area (Å²) in [5, 5.41) is 5.80. The molecule has 1 N–H and O–H groups in total. The van der Waals surface area contributed by atoms with Gasteiger partial charge in [-0.25, -0.2) is 0 Å². The number of benzene rings is 1. The van der Waals surface area contributed by atoms with E-state index < -0.39 is 0 Å². The average Bonchev–Trinajstić information content (AvgIpc) is 2.83. The van der Waals surface area contributed by atoms with Gasteiger partial charge in [0.25, 0.3) is 0 Å². The fourth-order valence-electron chi connectivity index (χ4n) is 2.79. The van der Waals surface area contributed by atoms with Gasteiger partial charge in [-0.15, -0.1) is 11.3 Å². The number of fused-ring (bicyclic) bond motifs is 1. The van der Waals surface area contributed by atoms with Crippen molar-refractivity contribution in [3.05, 3.63) is 56.2 Å². The van der Waals surface area contributed by atoms with Crippen LogP contribution in [0.3, 0.4) is 0 Å². The largest absolute Gasteiger partial charge is 0.308 e. The number of likely N-dealkylation sites (N-methyl/N-ethyl adjacent to an activating group) is 1. The maximum Gasteiger partial charge on any atom is 0.0325 e. The number of thiophene rings is 1. The molecule has 0 spiro atoms. The van der Waals surface area contributed by atoms with Crippen molar-refractivity contribution in [1.29, 1.82) is 0 Å². The number of rotatable bonds is 4. The van der Waals surface area contributed by atoms with E-state index in [2.05, 4.69) is 68.9 Å². The van der Waals surface area contributed by atoms with E-state index in [4.69, 9.17) is 0 Å². The molecule has 20 heavy (non-hydrogen) atoms. The van der Waals surface area contributed by atoms with E-state index in [9.17, 15) is 0 Å². The van der Waals surface area contributed by atoms with Crippen molar-refractivity contribution in [1.82, 2.24) is 10.2 Å². The lowest BCUT2D eigenvalue weighted by molar-refractivity contribution is 0.276. The Balaban J connectivity index is 1.56. The number of hydrogen-bond acceptors (Lipinski definition) is 3. The van der Waals surface area contributed by atoms with Crippen LogP contribution in [-0.4, -0.2) is 24.5 Å². The zero-order chi connectivity index (χ0) is 13.9. The predicted molar refractivity (Wildman–Crippen MR) is 89.1 cm³/mol. The predicted octanol–water partition coefficient (Wildman–Crippen LogP) is 3.66. The van der Waals surface area contributed by atoms with E-state index >= 15 is 0 Å². The summed E-state index contributed by atoms with van der Waals surface area (Å²) in [4.78, 5) is 3.82. The van der Waals surface area contributed by atoms with E-state index in [0.717, 1.165) is 26.1 Å². The fourth-order valence-corrected chi connectivity index (χ4v) is 4.32. The Kier molecular flexibility index (Phi) is 4.56. The molecule has 1 unspecified atom stereocenters. The van der Waals surface area contributed by atoms with Gasteiger partial charge in [0.05, 0.1) is 0 Å². The third kappa shape index (κ3) is 3.50. The maximum atomic E-state index is 3.65. The molecule has 1 aliphatic rings. The molecule has 1 atom stereocenters. The zero-order valence-corrected chi connectivity index (χ0v) is 14.0. The van der Waals surface area contributed by atoms with E-state index in [0.29, 0.717) is 6.04 Å². The van der Waals surface area contributed by atoms with Crippen molar-refractivity contribution in [2.24, 2.45) is 0 Å². The maximum absolute atomic E-state index is 3.65. The van der Waals surface area contributed by atoms with E-state index in [1.807, 2.05) is 11.3 Å². The molecule has 0 bridgehead atoms. The second kappa shape index (κ2) is 6.39. The molecule has 2 aromatic rings. The molecule has 0 radical (unpaired) electrons. The average molecular weight is 351 g/mol. The molecule has 0 aliphatic carbocycles. The van der Waals surface area contributed by atoms with Crippen molar-refractivity contribution in [3.8, 4) is 0 Å². The van der Waals surface area contributed by atoms with Gasteiger partial charge in [0.1, 0.15) is 0 Å². The van der Waals surface area contributed by atoms with Gasteiger partial charge in [0, 0.05) is 40.4 Å². The molecule has 3 rings (SSSR count). The van der Waals surface area contributed by atoms with Gasteiger partial charge in [-0.05, 0) is 46.6 Å². The highest BCUT2D eigenvalue weighted by molar-refractivity contribution is 9.10. The number of nitrogens with zero attached hydrogens (tertiary/aromatic N) is 1. The van der Waals surface area contributed by atoms with Crippen LogP contribution in [0.5, 0.6) is 0 Å². The molecular weight excluding hydrogens is 332 g/mol. The Morgan fingerprint density at radius 2 is 2.15 bits per heavy atom. The molecule has 0 saturated heterocycles. The molecule has 2 heterocycles. The normalized spacial score (nSPS) is 18.2. The fraction of sp³-hybridized carbons (Fsp3) is 0.375. The van der Waals surface area contributed by atoms with Crippen LogP contribution in [0.15, 0.2) is 40.2 Å². The van der Waals surface area contributed by atoms with Crippen molar-refractivity contribution < 1.29 is 0 Å². The molecule has 0 fully saturated rings. The molecule has 1 aromatic heterocycles. The summed E-state index contributed by atoms with van der Waals surface area (Å²) in [5.74, 6) is 0. The summed E-state index contributed by atoms with van der Waals surface area (Å²) in [7, 11) is 2.20. The highest BCUT2D eigenvalue weighted by Gasteiger charge is 2.18. The molecule has 0 amide bonds. The van der Waals surface area contributed by atoms with Crippen LogP contribution < -0.4 is 5.32 Å². The Morgan fingerprint density at radius 1 is 1.35 bits per heavy atom. The number of nitrogens with one attached hydrogen (secondary N) is 1. The minimum absolute atomic E-state index is 0.554. The molecular formula is C16H19BrN2S. The number of halogens is 1. The smallest absolute Gasteiger partial charge is 0.0325 e. The summed E-state index contributed by atoms with van der Waals surface area (Å²) in [5.41, 5.74) is 2.96. The van der Waals surface area contributed by atoms with Gasteiger partial charge in [0.2, 0.25) is 0 Å². The van der Waals surface area contributed by atoms with E-state index in [1.54, 1.807) is 0 Å². The Hall–Kier alpha value is -0.680. The standard InChI is InChI=1S/C16H19BrN2S/c1-19(10-16-7-14(17)11-20-16)9-15-6-12-4-2-3-5-13(12)8-18-15/h2-5,7,11,15,18H,6,8-10H2,1H3. The topological polar surface area (TPSA) is 15.3 Å². The lowest BCUT2D eigenvalue weighted by Crippen LogP contribution is -2.43. The molecule has 1 aromatic carbocycles. The van der Waals surface area contributed by atoms with E-state index in [-0.39, 0.29) is 0 Å². The van der Waals surface area contributed by atoms with Gasteiger partial charge >= 0.3 is 0 Å². The molecule has 106 valence electrons. The second-order valence-corrected chi connectivity index (χ2v) is 7.39. The third-order valence-electron chi connectivity index (χ3n) is 3.75. The highest BCUT2D eigenvalue weighted by Crippen LogP contribution is 2.21. The van der Waals surface area contributed by atoms with Crippen molar-refractivity contribution in [3.63, 3.8) is 0 Å². The summed E-state index contributed by atoms with van der Waals surface area (Å²) in [6.45, 7) is 3.11. The first-order valence-electron chi connectivity index (χ1n) is 6.92. The summed E-state index contributed by atoms with van der Waals surface area (Å²) < 4.78 is 1.19. The first kappa shape index (κ1) is 14.3. The molecule has 1 aliphatic heterocycles. The Labute approximate surface area is 132 Å². The monoisotopic (exact) mass is 350 g/mol. The van der Waals surface area contributed by atoms with Gasteiger partial charge < -0.3 is 5.32 Å². The zero-order valence-electron chi connectivity index (χ0n) is 11.6. The Morgan fingerprint density at radius 3 is 2.90 bits per heavy atom. The summed E-state index contributed by atoms with van der Waals surface area (Å²) in [6.07, 6.45) is 1.13. The summed E-state index contributed by atoms with van der Waals surface area (Å²) in [6, 6.07) is 11.5. The van der Waals surface area contributed by atoms with Gasteiger partial charge in [-0.1, -0.05) is 24.3 Å². The highest BCUT2D eigenvalue weighted by atomic mass is 79.9. The van der Waals surface area contributed by atoms with Crippen LogP contribution in [0.25, 0.3) is 0 Å². The first-order chi connectivity index (χ1) is 9.70. The lowest BCUT2D eigenvalue weighted by Gasteiger charge is -2.29. The van der Waals surface area contributed by atoms with Crippen LogP contribution in [0.1, 0.15) is 16.0 Å². The summed E-state index contributed by atoms with van der Waals surface area (Å²) >= 11 is 5.34. The van der Waals surface area contributed by atoms with Crippen LogP contribution in [0, 0.1) is 0 Å². The SMILES string of the molecule is CN(Cc1cc(Br)cs1)CC1Cc2ccccc2CN1. The molecule has 0 saturated carbocycles. The molecule has 4 heteroatoms. The third-order valence-corrected chi connectivity index (χ3v) is 5.43. The first-order valence-corrected chi connectivity index (χ1v) is 8.59. The Bertz CT molecular complexity index is 581. The van der Waals surface area contributed by atoms with Crippen LogP contribution in [0.4, 0.5) is 0 Å². The second-order valence-electron chi connectivity index (χ2n) is 5.48. The van der Waals surface area contributed by atoms with Crippen LogP contribution >= 0.6 is 27.3 Å². The number of hydrogen-bond donors (Lipinski definition) is 1. The van der Waals surface area contributed by atoms with Gasteiger partial charge in [0.15, 0.2) is 0 Å². The van der Waals surface area contributed by atoms with Crippen LogP contribution in [0.2, 0.25) is 0 Å². The van der Waals surface area contributed by atoms with Crippen molar-refractivity contribution in [2.75, 3.05) is 13.6 Å². The van der Waals surface area contributed by atoms with Crippen molar-refractivity contribution in [2.45, 2.75) is 25.6 Å². The van der Waals surface area contributed by atoms with Gasteiger partial charge in [-0.2, -0.15) is 0 Å². The molecule has 2 nitrogen and oxygen atoms in total.